The average Bonchev–Trinajstić information content (AvgIpc) is 1.86. The van der Waals surface area contributed by atoms with Crippen molar-refractivity contribution >= 4 is 29.1 Å². The van der Waals surface area contributed by atoms with Gasteiger partial charge in [0.05, 0.1) is 0 Å². The predicted molar refractivity (Wildman–Crippen MR) is 45.6 cm³/mol. The maximum absolute atomic E-state index is 10.7. The summed E-state index contributed by atoms with van der Waals surface area (Å²) in [6.45, 7) is 0. The lowest BCUT2D eigenvalue weighted by atomic mass is 9.88. The zero-order valence-electron chi connectivity index (χ0n) is 6.15. The Morgan fingerprint density at radius 3 is 2.18 bits per heavy atom. The van der Waals surface area contributed by atoms with Gasteiger partial charge in [-0.2, -0.15) is 0 Å². The monoisotopic (exact) mass is 195 g/mol. The number of hydrogen-bond acceptors (Lipinski definition) is 1. The normalized spacial score (nSPS) is 24.9. The van der Waals surface area contributed by atoms with E-state index in [0.29, 0.717) is 12.8 Å². The van der Waals surface area contributed by atoms with Gasteiger partial charge in [-0.3, -0.25) is 4.79 Å². The van der Waals surface area contributed by atoms with Gasteiger partial charge >= 0.3 is 0 Å². The first-order valence-electron chi connectivity index (χ1n) is 3.68. The standard InChI is InChI=1S/C7H11Cl2NO/c8-7(9)3-1-5(2-4-7)6(10)11/h5H,1-4H2,(H2,10,11). The van der Waals surface area contributed by atoms with Crippen LogP contribution in [0.1, 0.15) is 25.7 Å². The van der Waals surface area contributed by atoms with E-state index in [2.05, 4.69) is 0 Å². The zero-order valence-corrected chi connectivity index (χ0v) is 7.66. The smallest absolute Gasteiger partial charge is 0.220 e. The zero-order chi connectivity index (χ0) is 8.48. The molecule has 11 heavy (non-hydrogen) atoms. The van der Waals surface area contributed by atoms with E-state index in [1.807, 2.05) is 0 Å². The Labute approximate surface area is 76.0 Å². The molecule has 1 aliphatic carbocycles. The lowest BCUT2D eigenvalue weighted by Crippen LogP contribution is -2.31. The molecule has 1 aliphatic rings. The maximum atomic E-state index is 10.7. The second-order valence-corrected chi connectivity index (χ2v) is 4.67. The fourth-order valence-electron chi connectivity index (χ4n) is 1.32. The molecule has 1 amide bonds. The third kappa shape index (κ3) is 2.53. The molecular formula is C7H11Cl2NO. The van der Waals surface area contributed by atoms with E-state index < -0.39 is 4.33 Å². The second kappa shape index (κ2) is 3.20. The fraction of sp³-hybridized carbons (Fsp3) is 0.857. The molecule has 64 valence electrons. The molecule has 4 heteroatoms. The Morgan fingerprint density at radius 1 is 1.36 bits per heavy atom. The Hall–Kier alpha value is 0.0500. The van der Waals surface area contributed by atoms with Gasteiger partial charge in [0.2, 0.25) is 5.91 Å². The fourth-order valence-corrected chi connectivity index (χ4v) is 1.76. The van der Waals surface area contributed by atoms with Gasteiger partial charge in [0.25, 0.3) is 0 Å². The summed E-state index contributed by atoms with van der Waals surface area (Å²) in [5, 5.41) is 0. The maximum Gasteiger partial charge on any atom is 0.220 e. The SMILES string of the molecule is NC(=O)C1CCC(Cl)(Cl)CC1. The Kier molecular flexibility index (Phi) is 2.66. The van der Waals surface area contributed by atoms with Gasteiger partial charge in [0, 0.05) is 5.92 Å². The highest BCUT2D eigenvalue weighted by atomic mass is 35.5. The molecule has 0 atom stereocenters. The number of primary amides is 1. The molecule has 2 N–H and O–H groups in total. The molecule has 0 heterocycles. The van der Waals surface area contributed by atoms with Gasteiger partial charge in [-0.05, 0) is 25.7 Å². The Balaban J connectivity index is 2.42. The summed E-state index contributed by atoms with van der Waals surface area (Å²) in [6.07, 6.45) is 2.79. The molecule has 0 saturated heterocycles. The number of alkyl halides is 2. The highest BCUT2D eigenvalue weighted by molar-refractivity contribution is 6.48. The highest BCUT2D eigenvalue weighted by Crippen LogP contribution is 2.39. The molecule has 0 aromatic carbocycles. The van der Waals surface area contributed by atoms with Crippen molar-refractivity contribution in [3.05, 3.63) is 0 Å². The molecule has 1 saturated carbocycles. The van der Waals surface area contributed by atoms with Crippen LogP contribution < -0.4 is 5.73 Å². The summed E-state index contributed by atoms with van der Waals surface area (Å²) in [4.78, 5) is 10.7. The Bertz CT molecular complexity index is 160. The molecule has 1 fully saturated rings. The van der Waals surface area contributed by atoms with Crippen LogP contribution >= 0.6 is 23.2 Å². The van der Waals surface area contributed by atoms with Gasteiger partial charge in [-0.25, -0.2) is 0 Å². The summed E-state index contributed by atoms with van der Waals surface area (Å²) >= 11 is 11.7. The van der Waals surface area contributed by atoms with Crippen molar-refractivity contribution < 1.29 is 4.79 Å². The van der Waals surface area contributed by atoms with Crippen molar-refractivity contribution in [3.8, 4) is 0 Å². The first kappa shape index (κ1) is 9.14. The topological polar surface area (TPSA) is 43.1 Å². The minimum absolute atomic E-state index is 0.0133. The molecule has 0 bridgehead atoms. The highest BCUT2D eigenvalue weighted by Gasteiger charge is 2.33. The van der Waals surface area contributed by atoms with Crippen LogP contribution in [-0.2, 0) is 4.79 Å². The molecule has 0 radical (unpaired) electrons. The van der Waals surface area contributed by atoms with Crippen LogP contribution in [-0.4, -0.2) is 10.2 Å². The van der Waals surface area contributed by atoms with Gasteiger partial charge in [0.1, 0.15) is 4.33 Å². The molecule has 2 nitrogen and oxygen atoms in total. The van der Waals surface area contributed by atoms with Crippen LogP contribution in [0.5, 0.6) is 0 Å². The average molecular weight is 196 g/mol. The van der Waals surface area contributed by atoms with Crippen LogP contribution in [0, 0.1) is 5.92 Å². The van der Waals surface area contributed by atoms with Gasteiger partial charge in [-0.1, -0.05) is 0 Å². The number of rotatable bonds is 1. The molecular weight excluding hydrogens is 185 g/mol. The van der Waals surface area contributed by atoms with Crippen molar-refractivity contribution in [3.63, 3.8) is 0 Å². The van der Waals surface area contributed by atoms with Gasteiger partial charge < -0.3 is 5.73 Å². The molecule has 1 rings (SSSR count). The largest absolute Gasteiger partial charge is 0.369 e. The number of amides is 1. The van der Waals surface area contributed by atoms with Crippen molar-refractivity contribution in [1.82, 2.24) is 0 Å². The van der Waals surface area contributed by atoms with Crippen molar-refractivity contribution in [2.75, 3.05) is 0 Å². The number of carbonyl (C=O) groups excluding carboxylic acids is 1. The Morgan fingerprint density at radius 2 is 1.82 bits per heavy atom. The number of nitrogens with two attached hydrogens (primary N) is 1. The quantitative estimate of drug-likeness (QED) is 0.638. The van der Waals surface area contributed by atoms with E-state index in [9.17, 15) is 4.79 Å². The van der Waals surface area contributed by atoms with Gasteiger partial charge in [0.15, 0.2) is 0 Å². The third-order valence-electron chi connectivity index (χ3n) is 2.12. The summed E-state index contributed by atoms with van der Waals surface area (Å²) in [6, 6.07) is 0. The summed E-state index contributed by atoms with van der Waals surface area (Å²) < 4.78 is -0.619. The molecule has 0 aliphatic heterocycles. The van der Waals surface area contributed by atoms with E-state index >= 15 is 0 Å². The van der Waals surface area contributed by atoms with Gasteiger partial charge in [-0.15, -0.1) is 23.2 Å². The van der Waals surface area contributed by atoms with Crippen molar-refractivity contribution in [2.45, 2.75) is 30.0 Å². The van der Waals surface area contributed by atoms with Crippen LogP contribution in [0.2, 0.25) is 0 Å². The number of carbonyl (C=O) groups is 1. The third-order valence-corrected chi connectivity index (χ3v) is 2.88. The van der Waals surface area contributed by atoms with Crippen LogP contribution in [0.25, 0.3) is 0 Å². The number of halogens is 2. The summed E-state index contributed by atoms with van der Waals surface area (Å²) in [7, 11) is 0. The van der Waals surface area contributed by atoms with E-state index in [4.69, 9.17) is 28.9 Å². The summed E-state index contributed by atoms with van der Waals surface area (Å²) in [5.74, 6) is -0.241. The molecule has 0 aromatic heterocycles. The van der Waals surface area contributed by atoms with E-state index in [0.717, 1.165) is 12.8 Å². The van der Waals surface area contributed by atoms with E-state index in [-0.39, 0.29) is 11.8 Å². The molecule has 0 spiro atoms. The first-order valence-corrected chi connectivity index (χ1v) is 4.44. The molecule has 0 aromatic rings. The summed E-state index contributed by atoms with van der Waals surface area (Å²) in [5.41, 5.74) is 5.13. The van der Waals surface area contributed by atoms with Crippen molar-refractivity contribution in [1.29, 1.82) is 0 Å². The van der Waals surface area contributed by atoms with Crippen molar-refractivity contribution in [2.24, 2.45) is 11.7 Å². The van der Waals surface area contributed by atoms with Crippen LogP contribution in [0.3, 0.4) is 0 Å². The first-order chi connectivity index (χ1) is 5.01. The predicted octanol–water partition coefficient (Wildman–Crippen LogP) is 1.84. The molecule has 0 unspecified atom stereocenters. The second-order valence-electron chi connectivity index (χ2n) is 3.03. The lowest BCUT2D eigenvalue weighted by molar-refractivity contribution is -0.122. The lowest BCUT2D eigenvalue weighted by Gasteiger charge is -2.28. The van der Waals surface area contributed by atoms with Crippen LogP contribution in [0.4, 0.5) is 0 Å². The minimum atomic E-state index is -0.619. The van der Waals surface area contributed by atoms with E-state index in [1.165, 1.54) is 0 Å². The number of hydrogen-bond donors (Lipinski definition) is 1. The van der Waals surface area contributed by atoms with Crippen LogP contribution in [0.15, 0.2) is 0 Å². The van der Waals surface area contributed by atoms with E-state index in [1.54, 1.807) is 0 Å². The minimum Gasteiger partial charge on any atom is -0.369 e.